The molecular weight excluding hydrogens is 258 g/mol. The van der Waals surface area contributed by atoms with E-state index < -0.39 is 0 Å². The largest absolute Gasteiger partial charge is 0.274 e. The van der Waals surface area contributed by atoms with Crippen LogP contribution in [0, 0.1) is 6.92 Å². The van der Waals surface area contributed by atoms with Crippen molar-refractivity contribution in [1.82, 2.24) is 0 Å². The first kappa shape index (κ1) is 10.4. The summed E-state index contributed by atoms with van der Waals surface area (Å²) in [7, 11) is 0. The normalized spacial score (nSPS) is 16.3. The van der Waals surface area contributed by atoms with Crippen molar-refractivity contribution in [3.05, 3.63) is 28.2 Å². The Morgan fingerprint density at radius 1 is 1.20 bits per heavy atom. The van der Waals surface area contributed by atoms with Gasteiger partial charge in [0.15, 0.2) is 0 Å². The summed E-state index contributed by atoms with van der Waals surface area (Å²) in [5, 5.41) is 0. The Bertz CT molecular complexity index is 426. The van der Waals surface area contributed by atoms with Crippen LogP contribution >= 0.6 is 15.9 Å². The Labute approximate surface area is 96.2 Å². The molecule has 0 atom stereocenters. The van der Waals surface area contributed by atoms with Crippen LogP contribution in [0.5, 0.6) is 0 Å². The van der Waals surface area contributed by atoms with Crippen LogP contribution < -0.4 is 4.90 Å². The van der Waals surface area contributed by atoms with E-state index in [2.05, 4.69) is 15.9 Å². The Balaban J connectivity index is 2.45. The summed E-state index contributed by atoms with van der Waals surface area (Å²) in [5.74, 6) is -0.242. The summed E-state index contributed by atoms with van der Waals surface area (Å²) in [4.78, 5) is 24.3. The third-order valence-corrected chi connectivity index (χ3v) is 3.03. The van der Waals surface area contributed by atoms with Crippen LogP contribution in [0.1, 0.15) is 18.4 Å². The molecule has 0 saturated carbocycles. The number of imide groups is 1. The van der Waals surface area contributed by atoms with Crippen molar-refractivity contribution in [1.29, 1.82) is 0 Å². The molecule has 0 aromatic heterocycles. The van der Waals surface area contributed by atoms with E-state index in [1.807, 2.05) is 19.1 Å². The van der Waals surface area contributed by atoms with Crippen molar-refractivity contribution in [2.45, 2.75) is 19.8 Å². The maximum Gasteiger partial charge on any atom is 0.234 e. The highest BCUT2D eigenvalue weighted by Crippen LogP contribution is 2.30. The smallest absolute Gasteiger partial charge is 0.234 e. The van der Waals surface area contributed by atoms with Crippen LogP contribution in [0.15, 0.2) is 22.7 Å². The predicted molar refractivity (Wildman–Crippen MR) is 60.6 cm³/mol. The minimum Gasteiger partial charge on any atom is -0.274 e. The number of aryl methyl sites for hydroxylation is 1. The number of carbonyl (C=O) groups is 2. The Morgan fingerprint density at radius 3 is 2.33 bits per heavy atom. The second kappa shape index (κ2) is 3.77. The molecule has 0 bridgehead atoms. The minimum absolute atomic E-state index is 0.121. The van der Waals surface area contributed by atoms with Gasteiger partial charge in [0.2, 0.25) is 11.8 Å². The Hall–Kier alpha value is -1.16. The van der Waals surface area contributed by atoms with Crippen LogP contribution in [-0.2, 0) is 9.59 Å². The molecule has 1 aliphatic rings. The second-order valence-corrected chi connectivity index (χ2v) is 4.43. The number of amides is 2. The minimum atomic E-state index is -0.121. The third-order valence-electron chi connectivity index (χ3n) is 2.40. The highest BCUT2D eigenvalue weighted by atomic mass is 79.9. The van der Waals surface area contributed by atoms with Gasteiger partial charge >= 0.3 is 0 Å². The third kappa shape index (κ3) is 1.81. The zero-order chi connectivity index (χ0) is 11.0. The number of hydrogen-bond donors (Lipinski definition) is 0. The molecule has 1 fully saturated rings. The molecule has 78 valence electrons. The summed E-state index contributed by atoms with van der Waals surface area (Å²) < 4.78 is 0.783. The summed E-state index contributed by atoms with van der Waals surface area (Å²) in [6.07, 6.45) is 0.637. The van der Waals surface area contributed by atoms with E-state index in [4.69, 9.17) is 0 Å². The average molecular weight is 268 g/mol. The molecule has 1 saturated heterocycles. The average Bonchev–Trinajstić information content (AvgIpc) is 2.48. The molecule has 0 radical (unpaired) electrons. The van der Waals surface area contributed by atoms with Gasteiger partial charge in [0.05, 0.1) is 5.69 Å². The van der Waals surface area contributed by atoms with Crippen molar-refractivity contribution in [2.75, 3.05) is 4.90 Å². The molecule has 0 N–H and O–H groups in total. The van der Waals surface area contributed by atoms with Gasteiger partial charge in [0.1, 0.15) is 0 Å². The van der Waals surface area contributed by atoms with Crippen molar-refractivity contribution >= 4 is 33.4 Å². The zero-order valence-corrected chi connectivity index (χ0v) is 9.87. The lowest BCUT2D eigenvalue weighted by Gasteiger charge is -2.15. The molecule has 2 rings (SSSR count). The van der Waals surface area contributed by atoms with E-state index in [-0.39, 0.29) is 11.8 Å². The number of rotatable bonds is 1. The fraction of sp³-hybridized carbons (Fsp3) is 0.273. The molecular formula is C11H10BrNO2. The van der Waals surface area contributed by atoms with Crippen LogP contribution in [-0.4, -0.2) is 11.8 Å². The molecule has 1 aliphatic heterocycles. The lowest BCUT2D eigenvalue weighted by molar-refractivity contribution is -0.121. The molecule has 0 spiro atoms. The number of carbonyl (C=O) groups excluding carboxylic acids is 2. The standard InChI is InChI=1S/C11H10BrNO2/c1-7-2-3-9(8(12)6-7)13-10(14)4-5-11(13)15/h2-3,6H,4-5H2,1H3. The van der Waals surface area contributed by atoms with Gasteiger partial charge in [0.25, 0.3) is 0 Å². The van der Waals surface area contributed by atoms with Gasteiger partial charge in [0, 0.05) is 17.3 Å². The van der Waals surface area contributed by atoms with Crippen LogP contribution in [0.2, 0.25) is 0 Å². The van der Waals surface area contributed by atoms with Gasteiger partial charge in [-0.25, -0.2) is 4.90 Å². The first-order valence-electron chi connectivity index (χ1n) is 4.71. The van der Waals surface area contributed by atoms with Gasteiger partial charge in [-0.2, -0.15) is 0 Å². The molecule has 3 nitrogen and oxygen atoms in total. The van der Waals surface area contributed by atoms with Gasteiger partial charge in [-0.05, 0) is 40.5 Å². The topological polar surface area (TPSA) is 37.4 Å². The molecule has 2 amide bonds. The van der Waals surface area contributed by atoms with Crippen molar-refractivity contribution in [3.8, 4) is 0 Å². The summed E-state index contributed by atoms with van der Waals surface area (Å²) in [6, 6.07) is 5.58. The molecule has 4 heteroatoms. The predicted octanol–water partition coefficient (Wildman–Crippen LogP) is 2.41. The SMILES string of the molecule is Cc1ccc(N2C(=O)CCC2=O)c(Br)c1. The highest BCUT2D eigenvalue weighted by molar-refractivity contribution is 9.10. The molecule has 15 heavy (non-hydrogen) atoms. The second-order valence-electron chi connectivity index (χ2n) is 3.58. The van der Waals surface area contributed by atoms with Crippen LogP contribution in [0.3, 0.4) is 0 Å². The quantitative estimate of drug-likeness (QED) is 0.733. The van der Waals surface area contributed by atoms with Gasteiger partial charge in [-0.15, -0.1) is 0 Å². The Morgan fingerprint density at radius 2 is 1.80 bits per heavy atom. The summed E-state index contributed by atoms with van der Waals surface area (Å²) in [5.41, 5.74) is 1.73. The van der Waals surface area contributed by atoms with Gasteiger partial charge < -0.3 is 0 Å². The highest BCUT2D eigenvalue weighted by Gasteiger charge is 2.31. The maximum atomic E-state index is 11.5. The van der Waals surface area contributed by atoms with E-state index in [0.717, 1.165) is 10.0 Å². The van der Waals surface area contributed by atoms with Crippen LogP contribution in [0.25, 0.3) is 0 Å². The van der Waals surface area contributed by atoms with Crippen molar-refractivity contribution in [3.63, 3.8) is 0 Å². The maximum absolute atomic E-state index is 11.5. The first-order valence-corrected chi connectivity index (χ1v) is 5.51. The molecule has 1 aromatic carbocycles. The molecule has 0 unspecified atom stereocenters. The number of hydrogen-bond acceptors (Lipinski definition) is 2. The first-order chi connectivity index (χ1) is 7.09. The van der Waals surface area contributed by atoms with Crippen molar-refractivity contribution in [2.24, 2.45) is 0 Å². The van der Waals surface area contributed by atoms with Crippen LogP contribution in [0.4, 0.5) is 5.69 Å². The number of halogens is 1. The lowest BCUT2D eigenvalue weighted by atomic mass is 10.2. The summed E-state index contributed by atoms with van der Waals surface area (Å²) >= 11 is 3.37. The molecule has 1 aromatic rings. The van der Waals surface area contributed by atoms with E-state index >= 15 is 0 Å². The number of benzene rings is 1. The van der Waals surface area contributed by atoms with Gasteiger partial charge in [-0.3, -0.25) is 9.59 Å². The number of anilines is 1. The monoisotopic (exact) mass is 267 g/mol. The Kier molecular flexibility index (Phi) is 2.61. The van der Waals surface area contributed by atoms with Crippen molar-refractivity contribution < 1.29 is 9.59 Å². The number of nitrogens with zero attached hydrogens (tertiary/aromatic N) is 1. The summed E-state index contributed by atoms with van der Waals surface area (Å²) in [6.45, 7) is 1.96. The fourth-order valence-electron chi connectivity index (χ4n) is 1.64. The van der Waals surface area contributed by atoms with Gasteiger partial charge in [-0.1, -0.05) is 6.07 Å². The van der Waals surface area contributed by atoms with E-state index in [0.29, 0.717) is 18.5 Å². The molecule has 1 heterocycles. The van der Waals surface area contributed by atoms with E-state index in [9.17, 15) is 9.59 Å². The fourth-order valence-corrected chi connectivity index (χ4v) is 2.31. The molecule has 0 aliphatic carbocycles. The lowest BCUT2D eigenvalue weighted by Crippen LogP contribution is -2.28. The van der Waals surface area contributed by atoms with E-state index in [1.165, 1.54) is 4.90 Å². The zero-order valence-electron chi connectivity index (χ0n) is 8.29. The van der Waals surface area contributed by atoms with E-state index in [1.54, 1.807) is 6.07 Å².